The first-order chi connectivity index (χ1) is 9.02. The van der Waals surface area contributed by atoms with Crippen LogP contribution < -0.4 is 0 Å². The molecule has 0 aliphatic carbocycles. The van der Waals surface area contributed by atoms with Crippen molar-refractivity contribution in [3.8, 4) is 0 Å². The van der Waals surface area contributed by atoms with Gasteiger partial charge in [0.05, 0.1) is 12.1 Å². The monoisotopic (exact) mass is 261 g/mol. The Morgan fingerprint density at radius 3 is 2.79 bits per heavy atom. The van der Waals surface area contributed by atoms with E-state index in [2.05, 4.69) is 0 Å². The zero-order valence-corrected chi connectivity index (χ0v) is 12.0. The number of hydrogen-bond donors (Lipinski definition) is 1. The van der Waals surface area contributed by atoms with E-state index in [0.29, 0.717) is 0 Å². The number of likely N-dealkylation sites (tertiary alicyclic amines) is 1. The van der Waals surface area contributed by atoms with E-state index in [4.69, 9.17) is 0 Å². The molecular formula is C16H23NO2. The van der Waals surface area contributed by atoms with Crippen LogP contribution in [0.2, 0.25) is 0 Å². The lowest BCUT2D eigenvalue weighted by molar-refractivity contribution is 0.0280. The lowest BCUT2D eigenvalue weighted by Gasteiger charge is -2.37. The van der Waals surface area contributed by atoms with Gasteiger partial charge in [0.1, 0.15) is 0 Å². The number of benzene rings is 1. The van der Waals surface area contributed by atoms with Crippen LogP contribution in [0.1, 0.15) is 47.7 Å². The first kappa shape index (κ1) is 14.1. The largest absolute Gasteiger partial charge is 0.391 e. The first-order valence-electron chi connectivity index (χ1n) is 7.07. The summed E-state index contributed by atoms with van der Waals surface area (Å²) in [5.74, 6) is 0.0619. The van der Waals surface area contributed by atoms with Crippen molar-refractivity contribution < 1.29 is 9.90 Å². The van der Waals surface area contributed by atoms with Gasteiger partial charge in [-0.15, -0.1) is 0 Å². The van der Waals surface area contributed by atoms with Gasteiger partial charge in [-0.1, -0.05) is 12.1 Å². The van der Waals surface area contributed by atoms with Crippen LogP contribution in [0.5, 0.6) is 0 Å². The zero-order chi connectivity index (χ0) is 14.0. The SMILES string of the molecule is Cc1cccc(C(=O)N2CCCC[C@@H]2[C@H](C)O)c1C. The molecule has 2 rings (SSSR count). The van der Waals surface area contributed by atoms with Gasteiger partial charge in [-0.25, -0.2) is 0 Å². The molecule has 1 aliphatic heterocycles. The molecule has 0 radical (unpaired) electrons. The Hall–Kier alpha value is -1.35. The Morgan fingerprint density at radius 1 is 1.37 bits per heavy atom. The molecule has 1 aromatic rings. The van der Waals surface area contributed by atoms with Gasteiger partial charge < -0.3 is 10.0 Å². The number of hydrogen-bond acceptors (Lipinski definition) is 2. The molecule has 0 bridgehead atoms. The number of aliphatic hydroxyl groups is 1. The minimum absolute atomic E-state index is 0.0406. The van der Waals surface area contributed by atoms with Crippen LogP contribution in [-0.4, -0.2) is 34.6 Å². The van der Waals surface area contributed by atoms with Crippen LogP contribution in [0.25, 0.3) is 0 Å². The molecule has 0 saturated carbocycles. The molecule has 1 amide bonds. The summed E-state index contributed by atoms with van der Waals surface area (Å²) in [7, 11) is 0. The maximum absolute atomic E-state index is 12.7. The maximum atomic E-state index is 12.7. The molecule has 0 unspecified atom stereocenters. The molecule has 0 spiro atoms. The van der Waals surface area contributed by atoms with Crippen LogP contribution in [0.15, 0.2) is 18.2 Å². The van der Waals surface area contributed by atoms with E-state index < -0.39 is 6.10 Å². The van der Waals surface area contributed by atoms with Gasteiger partial charge in [-0.2, -0.15) is 0 Å². The van der Waals surface area contributed by atoms with Crippen LogP contribution >= 0.6 is 0 Å². The smallest absolute Gasteiger partial charge is 0.254 e. The van der Waals surface area contributed by atoms with Crippen molar-refractivity contribution in [3.05, 3.63) is 34.9 Å². The Balaban J connectivity index is 2.29. The van der Waals surface area contributed by atoms with Crippen LogP contribution in [0, 0.1) is 13.8 Å². The summed E-state index contributed by atoms with van der Waals surface area (Å²) < 4.78 is 0. The van der Waals surface area contributed by atoms with Gasteiger partial charge in [0, 0.05) is 12.1 Å². The minimum atomic E-state index is -0.464. The molecule has 0 aromatic heterocycles. The Morgan fingerprint density at radius 2 is 2.11 bits per heavy atom. The number of carbonyl (C=O) groups is 1. The lowest BCUT2D eigenvalue weighted by Crippen LogP contribution is -2.49. The molecular weight excluding hydrogens is 238 g/mol. The third-order valence-electron chi connectivity index (χ3n) is 4.20. The van der Waals surface area contributed by atoms with E-state index >= 15 is 0 Å². The molecule has 1 N–H and O–H groups in total. The number of aryl methyl sites for hydroxylation is 1. The van der Waals surface area contributed by atoms with Gasteiger partial charge >= 0.3 is 0 Å². The van der Waals surface area contributed by atoms with Crippen LogP contribution in [0.3, 0.4) is 0 Å². The summed E-state index contributed by atoms with van der Waals surface area (Å²) in [5.41, 5.74) is 2.95. The van der Waals surface area contributed by atoms with Crippen molar-refractivity contribution in [3.63, 3.8) is 0 Å². The topological polar surface area (TPSA) is 40.5 Å². The number of amides is 1. The van der Waals surface area contributed by atoms with E-state index in [1.54, 1.807) is 6.92 Å². The van der Waals surface area contributed by atoms with Gasteiger partial charge in [0.25, 0.3) is 5.91 Å². The standard InChI is InChI=1S/C16H23NO2/c1-11-7-6-8-14(12(11)2)16(19)17-10-5-4-9-15(17)13(3)18/h6-8,13,15,18H,4-5,9-10H2,1-3H3/t13-,15+/m0/s1. The molecule has 1 aliphatic rings. The Bertz CT molecular complexity index is 468. The lowest BCUT2D eigenvalue weighted by atomic mass is 9.95. The highest BCUT2D eigenvalue weighted by Crippen LogP contribution is 2.24. The van der Waals surface area contributed by atoms with Gasteiger partial charge in [-0.3, -0.25) is 4.79 Å². The second-order valence-electron chi connectivity index (χ2n) is 5.55. The van der Waals surface area contributed by atoms with Crippen molar-refractivity contribution in [1.29, 1.82) is 0 Å². The van der Waals surface area contributed by atoms with E-state index in [1.165, 1.54) is 0 Å². The van der Waals surface area contributed by atoms with Gasteiger partial charge in [-0.05, 0) is 57.2 Å². The maximum Gasteiger partial charge on any atom is 0.254 e. The molecule has 104 valence electrons. The summed E-state index contributed by atoms with van der Waals surface area (Å²) >= 11 is 0. The van der Waals surface area contributed by atoms with E-state index in [-0.39, 0.29) is 11.9 Å². The number of carbonyl (C=O) groups excluding carboxylic acids is 1. The van der Waals surface area contributed by atoms with Gasteiger partial charge in [0.2, 0.25) is 0 Å². The fourth-order valence-corrected chi connectivity index (χ4v) is 2.85. The normalized spacial score (nSPS) is 21.3. The predicted octanol–water partition coefficient (Wildman–Crippen LogP) is 2.68. The Kier molecular flexibility index (Phi) is 4.25. The van der Waals surface area contributed by atoms with E-state index in [1.807, 2.05) is 36.9 Å². The first-order valence-corrected chi connectivity index (χ1v) is 7.07. The second-order valence-corrected chi connectivity index (χ2v) is 5.55. The third kappa shape index (κ3) is 2.81. The van der Waals surface area contributed by atoms with Crippen molar-refractivity contribution in [1.82, 2.24) is 4.90 Å². The number of aliphatic hydroxyl groups excluding tert-OH is 1. The molecule has 1 aromatic carbocycles. The fourth-order valence-electron chi connectivity index (χ4n) is 2.85. The summed E-state index contributed by atoms with van der Waals surface area (Å²) in [4.78, 5) is 14.6. The Labute approximate surface area is 115 Å². The van der Waals surface area contributed by atoms with Crippen LogP contribution in [0.4, 0.5) is 0 Å². The zero-order valence-electron chi connectivity index (χ0n) is 12.0. The fraction of sp³-hybridized carbons (Fsp3) is 0.562. The highest BCUT2D eigenvalue weighted by atomic mass is 16.3. The average Bonchev–Trinajstić information content (AvgIpc) is 2.41. The molecule has 3 nitrogen and oxygen atoms in total. The minimum Gasteiger partial charge on any atom is -0.391 e. The number of nitrogens with zero attached hydrogens (tertiary/aromatic N) is 1. The summed E-state index contributed by atoms with van der Waals surface area (Å²) in [5, 5.41) is 9.87. The molecule has 1 saturated heterocycles. The van der Waals surface area contributed by atoms with Crippen molar-refractivity contribution in [2.45, 2.75) is 52.2 Å². The number of rotatable bonds is 2. The second kappa shape index (κ2) is 5.74. The predicted molar refractivity (Wildman–Crippen MR) is 76.3 cm³/mol. The highest BCUT2D eigenvalue weighted by molar-refractivity contribution is 5.96. The van der Waals surface area contributed by atoms with E-state index in [0.717, 1.165) is 42.5 Å². The van der Waals surface area contributed by atoms with Gasteiger partial charge in [0.15, 0.2) is 0 Å². The molecule has 2 atom stereocenters. The van der Waals surface area contributed by atoms with E-state index in [9.17, 15) is 9.90 Å². The van der Waals surface area contributed by atoms with Crippen molar-refractivity contribution >= 4 is 5.91 Å². The molecule has 19 heavy (non-hydrogen) atoms. The van der Waals surface area contributed by atoms with Crippen LogP contribution in [-0.2, 0) is 0 Å². The summed E-state index contributed by atoms with van der Waals surface area (Å²) in [6, 6.07) is 5.80. The molecule has 1 heterocycles. The summed E-state index contributed by atoms with van der Waals surface area (Å²) in [6.45, 7) is 6.54. The quantitative estimate of drug-likeness (QED) is 0.889. The van der Waals surface area contributed by atoms with Crippen molar-refractivity contribution in [2.24, 2.45) is 0 Å². The van der Waals surface area contributed by atoms with Crippen molar-refractivity contribution in [2.75, 3.05) is 6.54 Å². The molecule has 3 heteroatoms. The highest BCUT2D eigenvalue weighted by Gasteiger charge is 2.31. The third-order valence-corrected chi connectivity index (χ3v) is 4.20. The average molecular weight is 261 g/mol. The number of piperidine rings is 1. The summed E-state index contributed by atoms with van der Waals surface area (Å²) in [6.07, 6.45) is 2.55. The molecule has 1 fully saturated rings.